The molecule has 14 heteroatoms. The summed E-state index contributed by atoms with van der Waals surface area (Å²) < 4.78 is 55.0. The maximum atomic E-state index is 14.7. The molecule has 0 saturated heterocycles. The summed E-state index contributed by atoms with van der Waals surface area (Å²) in [5.41, 5.74) is 0.692. The highest BCUT2D eigenvalue weighted by Crippen LogP contribution is 2.33. The Hall–Kier alpha value is -2.47. The molecule has 0 fully saturated rings. The van der Waals surface area contributed by atoms with Crippen molar-refractivity contribution in [1.29, 1.82) is 0 Å². The molecular weight excluding hydrogens is 727 g/mol. The van der Waals surface area contributed by atoms with Gasteiger partial charge in [0.15, 0.2) is 6.79 Å². The normalized spacial score (nSPS) is 14.0. The molecule has 0 unspecified atom stereocenters. The Morgan fingerprint density at radius 2 is 1.42 bits per heavy atom. The first-order chi connectivity index (χ1) is 24.4. The van der Waals surface area contributed by atoms with Gasteiger partial charge in [-0.1, -0.05) is 83.5 Å². The number of rotatable bonds is 23. The quantitative estimate of drug-likeness (QED) is 0.0675. The Morgan fingerprint density at radius 3 is 1.91 bits per heavy atom. The summed E-state index contributed by atoms with van der Waals surface area (Å²) >= 11 is 0. The standard InChI is InChI=1S/C39H69N3O8SSi2/c1-31(2)27-41(51(45,46)33-19-20-36(34(26-33)40(6)7)49-29-47-21-23-52(8,9)10)28-37(50-30-48-22-24-53(11,12)13)35(25-32-17-15-14-16-18-32)42(38(43)44)39(3,4)5/h14-20,26,31,35,37H,21-25,27-30H2,1-13H3,(H,43,44)/t35-,37+/m0/s1. The minimum absolute atomic E-state index is 0.0339. The fraction of sp³-hybridized carbons (Fsp3) is 0.667. The highest BCUT2D eigenvalue weighted by atomic mass is 32.2. The number of nitrogens with zero attached hydrogens (tertiary/aromatic N) is 3. The molecule has 0 heterocycles. The van der Waals surface area contributed by atoms with E-state index in [1.165, 1.54) is 9.21 Å². The zero-order valence-corrected chi connectivity index (χ0v) is 37.6. The van der Waals surface area contributed by atoms with Crippen molar-refractivity contribution in [3.63, 3.8) is 0 Å². The van der Waals surface area contributed by atoms with E-state index in [1.807, 2.05) is 83.9 Å². The van der Waals surface area contributed by atoms with Gasteiger partial charge in [0.05, 0.1) is 22.7 Å². The Kier molecular flexibility index (Phi) is 18.0. The van der Waals surface area contributed by atoms with E-state index in [9.17, 15) is 18.3 Å². The summed E-state index contributed by atoms with van der Waals surface area (Å²) in [5, 5.41) is 10.6. The van der Waals surface area contributed by atoms with E-state index >= 15 is 0 Å². The number of carbonyl (C=O) groups is 1. The van der Waals surface area contributed by atoms with E-state index in [2.05, 4.69) is 39.3 Å². The lowest BCUT2D eigenvalue weighted by Crippen LogP contribution is -2.59. The molecule has 0 aliphatic heterocycles. The van der Waals surface area contributed by atoms with Crippen LogP contribution >= 0.6 is 0 Å². The highest BCUT2D eigenvalue weighted by molar-refractivity contribution is 7.89. The Morgan fingerprint density at radius 1 is 0.849 bits per heavy atom. The van der Waals surface area contributed by atoms with Crippen molar-refractivity contribution >= 4 is 38.0 Å². The van der Waals surface area contributed by atoms with Gasteiger partial charge in [-0.3, -0.25) is 4.90 Å². The average Bonchev–Trinajstić information content (AvgIpc) is 3.01. The monoisotopic (exact) mass is 795 g/mol. The van der Waals surface area contributed by atoms with Gasteiger partial charge >= 0.3 is 6.09 Å². The molecule has 2 rings (SSSR count). The SMILES string of the molecule is CC(C)CN(C[C@@H](OCOCC[Si](C)(C)C)[C@H](Cc1ccccc1)N(C(=O)O)C(C)(C)C)S(=O)(=O)c1ccc(OCOCC[Si](C)(C)C)c(N(C)C)c1. The third-order valence-corrected chi connectivity index (χ3v) is 13.9. The Bertz CT molecular complexity index is 1510. The summed E-state index contributed by atoms with van der Waals surface area (Å²) in [6, 6.07) is 15.7. The van der Waals surface area contributed by atoms with Gasteiger partial charge in [-0.15, -0.1) is 0 Å². The van der Waals surface area contributed by atoms with E-state index in [1.54, 1.807) is 18.2 Å². The molecule has 0 saturated carbocycles. The molecule has 1 N–H and O–H groups in total. The number of hydrogen-bond acceptors (Lipinski definition) is 8. The van der Waals surface area contributed by atoms with Crippen LogP contribution in [0.3, 0.4) is 0 Å². The number of benzene rings is 2. The smallest absolute Gasteiger partial charge is 0.408 e. The first kappa shape index (κ1) is 46.7. The summed E-state index contributed by atoms with van der Waals surface area (Å²) in [7, 11) is -3.07. The lowest BCUT2D eigenvalue weighted by atomic mass is 9.94. The van der Waals surface area contributed by atoms with Crippen LogP contribution in [0.2, 0.25) is 51.4 Å². The van der Waals surface area contributed by atoms with E-state index in [-0.39, 0.29) is 37.5 Å². The van der Waals surface area contributed by atoms with E-state index in [0.29, 0.717) is 31.1 Å². The third kappa shape index (κ3) is 16.4. The van der Waals surface area contributed by atoms with Gasteiger partial charge in [0, 0.05) is 62.1 Å². The summed E-state index contributed by atoms with van der Waals surface area (Å²) in [6.07, 6.45) is -1.66. The number of ether oxygens (including phenoxy) is 4. The first-order valence-electron chi connectivity index (χ1n) is 18.7. The molecule has 0 radical (unpaired) electrons. The second-order valence-electron chi connectivity index (χ2n) is 17.8. The Balaban J connectivity index is 2.58. The molecule has 1 amide bonds. The minimum atomic E-state index is -4.11. The molecule has 53 heavy (non-hydrogen) atoms. The number of amides is 1. The van der Waals surface area contributed by atoms with Gasteiger partial charge < -0.3 is 29.0 Å². The minimum Gasteiger partial charge on any atom is -0.465 e. The summed E-state index contributed by atoms with van der Waals surface area (Å²) in [4.78, 5) is 16.3. The van der Waals surface area contributed by atoms with Gasteiger partial charge in [0.25, 0.3) is 0 Å². The molecule has 0 bridgehead atoms. The van der Waals surface area contributed by atoms with Crippen LogP contribution in [0.5, 0.6) is 5.75 Å². The number of sulfonamides is 1. The number of anilines is 1. The van der Waals surface area contributed by atoms with Crippen molar-refractivity contribution in [3.8, 4) is 5.75 Å². The van der Waals surface area contributed by atoms with Crippen LogP contribution < -0.4 is 9.64 Å². The lowest BCUT2D eigenvalue weighted by Gasteiger charge is -2.44. The van der Waals surface area contributed by atoms with Crippen molar-refractivity contribution in [1.82, 2.24) is 9.21 Å². The van der Waals surface area contributed by atoms with Crippen molar-refractivity contribution in [2.45, 2.75) is 115 Å². The predicted octanol–water partition coefficient (Wildman–Crippen LogP) is 8.18. The molecule has 2 atom stereocenters. The predicted molar refractivity (Wildman–Crippen MR) is 221 cm³/mol. The molecule has 0 aliphatic rings. The molecular formula is C39H69N3O8SSi2. The number of hydrogen-bond donors (Lipinski definition) is 1. The van der Waals surface area contributed by atoms with E-state index < -0.39 is 49.9 Å². The molecule has 0 spiro atoms. The van der Waals surface area contributed by atoms with Gasteiger partial charge in [-0.25, -0.2) is 13.2 Å². The molecule has 0 aromatic heterocycles. The molecule has 11 nitrogen and oxygen atoms in total. The Labute approximate surface area is 323 Å². The van der Waals surface area contributed by atoms with Crippen LogP contribution in [0.25, 0.3) is 0 Å². The zero-order chi connectivity index (χ0) is 40.2. The summed E-state index contributed by atoms with van der Waals surface area (Å²) in [5.74, 6) is 0.479. The average molecular weight is 796 g/mol. The first-order valence-corrected chi connectivity index (χ1v) is 27.6. The van der Waals surface area contributed by atoms with Crippen LogP contribution in [0.1, 0.15) is 40.2 Å². The molecule has 2 aromatic carbocycles. The fourth-order valence-electron chi connectivity index (χ4n) is 5.73. The van der Waals surface area contributed by atoms with Crippen molar-refractivity contribution < 1.29 is 37.3 Å². The summed E-state index contributed by atoms with van der Waals surface area (Å²) in [6.45, 7) is 24.3. The maximum absolute atomic E-state index is 14.7. The van der Waals surface area contributed by atoms with Crippen LogP contribution in [0, 0.1) is 5.92 Å². The van der Waals surface area contributed by atoms with Crippen LogP contribution in [0.4, 0.5) is 10.5 Å². The molecule has 0 aliphatic carbocycles. The lowest BCUT2D eigenvalue weighted by molar-refractivity contribution is -0.118. The second-order valence-corrected chi connectivity index (χ2v) is 31.0. The number of carboxylic acid groups (broad SMARTS) is 1. The van der Waals surface area contributed by atoms with Crippen LogP contribution in [0.15, 0.2) is 53.4 Å². The van der Waals surface area contributed by atoms with E-state index in [0.717, 1.165) is 17.7 Å². The van der Waals surface area contributed by atoms with Gasteiger partial charge in [0.1, 0.15) is 12.5 Å². The molecule has 302 valence electrons. The van der Waals surface area contributed by atoms with Crippen molar-refractivity contribution in [3.05, 3.63) is 54.1 Å². The zero-order valence-electron chi connectivity index (χ0n) is 34.8. The topological polar surface area (TPSA) is 118 Å². The van der Waals surface area contributed by atoms with Crippen LogP contribution in [-0.2, 0) is 30.7 Å². The highest BCUT2D eigenvalue weighted by Gasteiger charge is 2.41. The maximum Gasteiger partial charge on any atom is 0.408 e. The van der Waals surface area contributed by atoms with Crippen LogP contribution in [-0.4, -0.2) is 117 Å². The van der Waals surface area contributed by atoms with E-state index in [4.69, 9.17) is 18.9 Å². The third-order valence-electron chi connectivity index (χ3n) is 8.64. The fourth-order valence-corrected chi connectivity index (χ4v) is 8.88. The van der Waals surface area contributed by atoms with Gasteiger partial charge in [0.2, 0.25) is 10.0 Å². The molecule has 2 aromatic rings. The second kappa shape index (κ2) is 20.5. The van der Waals surface area contributed by atoms with Gasteiger partial charge in [-0.05, 0) is 69.0 Å². The largest absolute Gasteiger partial charge is 0.465 e. The van der Waals surface area contributed by atoms with Gasteiger partial charge in [-0.2, -0.15) is 4.31 Å². The van der Waals surface area contributed by atoms with Crippen molar-refractivity contribution in [2.75, 3.05) is 58.9 Å². The van der Waals surface area contributed by atoms with Crippen molar-refractivity contribution in [2.24, 2.45) is 5.92 Å².